The summed E-state index contributed by atoms with van der Waals surface area (Å²) in [4.78, 5) is 14.8. The molecule has 7 nitrogen and oxygen atoms in total. The Morgan fingerprint density at radius 2 is 2.00 bits per heavy atom. The summed E-state index contributed by atoms with van der Waals surface area (Å²) in [5, 5.41) is 15.5. The third kappa shape index (κ3) is 3.95. The molecule has 2 fully saturated rings. The molecule has 2 heterocycles. The van der Waals surface area contributed by atoms with E-state index in [9.17, 15) is 4.79 Å². The van der Waals surface area contributed by atoms with E-state index in [0.717, 1.165) is 42.5 Å². The molecule has 1 amide bonds. The first-order valence-corrected chi connectivity index (χ1v) is 9.84. The van der Waals surface area contributed by atoms with Crippen molar-refractivity contribution in [1.82, 2.24) is 20.2 Å². The molecule has 1 N–H and O–H groups in total. The van der Waals surface area contributed by atoms with Gasteiger partial charge in [0.1, 0.15) is 0 Å². The van der Waals surface area contributed by atoms with Crippen molar-refractivity contribution in [3.63, 3.8) is 0 Å². The van der Waals surface area contributed by atoms with Crippen molar-refractivity contribution in [2.45, 2.75) is 43.3 Å². The van der Waals surface area contributed by atoms with Gasteiger partial charge in [0.15, 0.2) is 0 Å². The Balaban J connectivity index is 1.38. The summed E-state index contributed by atoms with van der Waals surface area (Å²) in [6, 6.07) is 8.46. The van der Waals surface area contributed by atoms with Crippen molar-refractivity contribution < 1.29 is 4.79 Å². The minimum atomic E-state index is -0.0280. The van der Waals surface area contributed by atoms with E-state index in [1.54, 1.807) is 0 Å². The van der Waals surface area contributed by atoms with Gasteiger partial charge in [0.2, 0.25) is 11.1 Å². The van der Waals surface area contributed by atoms with Crippen LogP contribution in [0.1, 0.15) is 38.1 Å². The molecule has 2 aliphatic rings. The monoisotopic (exact) mass is 358 g/mol. The van der Waals surface area contributed by atoms with Gasteiger partial charge in [-0.2, -0.15) is 0 Å². The number of hydrogen-bond acceptors (Lipinski definition) is 6. The van der Waals surface area contributed by atoms with Crippen molar-refractivity contribution in [2.24, 2.45) is 0 Å². The van der Waals surface area contributed by atoms with Gasteiger partial charge in [0.05, 0.1) is 23.2 Å². The molecule has 1 saturated heterocycles. The van der Waals surface area contributed by atoms with Gasteiger partial charge in [0.25, 0.3) is 0 Å². The van der Waals surface area contributed by atoms with Crippen LogP contribution in [-0.4, -0.2) is 45.0 Å². The zero-order valence-electron chi connectivity index (χ0n) is 14.1. The number of para-hydroxylation sites is 2. The largest absolute Gasteiger partial charge is 0.370 e. The average molecular weight is 358 g/mol. The van der Waals surface area contributed by atoms with Crippen LogP contribution in [0.25, 0.3) is 0 Å². The number of carbonyl (C=O) groups excluding carboxylic acids is 1. The zero-order chi connectivity index (χ0) is 17.1. The third-order valence-electron chi connectivity index (χ3n) is 4.56. The first-order valence-electron chi connectivity index (χ1n) is 8.86. The molecule has 25 heavy (non-hydrogen) atoms. The summed E-state index contributed by atoms with van der Waals surface area (Å²) in [6.45, 7) is 2.11. The molecule has 1 aromatic carbocycles. The second kappa shape index (κ2) is 7.43. The number of aromatic nitrogens is 4. The summed E-state index contributed by atoms with van der Waals surface area (Å²) in [5.74, 6) is 0.279. The molecule has 2 aromatic rings. The molecule has 1 aromatic heterocycles. The van der Waals surface area contributed by atoms with Gasteiger partial charge in [0, 0.05) is 13.1 Å². The lowest BCUT2D eigenvalue weighted by Gasteiger charge is -2.30. The van der Waals surface area contributed by atoms with E-state index in [0.29, 0.717) is 11.8 Å². The fourth-order valence-electron chi connectivity index (χ4n) is 3.14. The van der Waals surface area contributed by atoms with E-state index in [4.69, 9.17) is 0 Å². The lowest BCUT2D eigenvalue weighted by atomic mass is 10.1. The van der Waals surface area contributed by atoms with Crippen LogP contribution in [0.4, 0.5) is 11.4 Å². The molecular formula is C17H22N6OS. The molecule has 1 aliphatic heterocycles. The number of tetrazole rings is 1. The second-order valence-electron chi connectivity index (χ2n) is 6.54. The molecule has 0 unspecified atom stereocenters. The highest BCUT2D eigenvalue weighted by Gasteiger charge is 2.28. The van der Waals surface area contributed by atoms with Crippen molar-refractivity contribution in [1.29, 1.82) is 0 Å². The van der Waals surface area contributed by atoms with Gasteiger partial charge in [-0.05, 0) is 54.7 Å². The van der Waals surface area contributed by atoms with Crippen molar-refractivity contribution in [2.75, 3.05) is 29.1 Å². The zero-order valence-corrected chi connectivity index (χ0v) is 14.9. The molecule has 0 bridgehead atoms. The fourth-order valence-corrected chi connectivity index (χ4v) is 3.88. The maximum absolute atomic E-state index is 12.4. The Morgan fingerprint density at radius 1 is 1.20 bits per heavy atom. The number of anilines is 2. The topological polar surface area (TPSA) is 75.9 Å². The van der Waals surface area contributed by atoms with Crippen LogP contribution in [0, 0.1) is 0 Å². The van der Waals surface area contributed by atoms with Gasteiger partial charge in [-0.25, -0.2) is 4.68 Å². The standard InChI is InChI=1S/C17H22N6OS/c24-16(12-25-17-19-20-21-23(17)13-8-9-13)18-14-6-2-3-7-15(14)22-10-4-1-5-11-22/h2-3,6-7,13H,1,4-5,8-12H2,(H,18,24). The number of nitrogens with zero attached hydrogens (tertiary/aromatic N) is 5. The number of amides is 1. The van der Waals surface area contributed by atoms with E-state index in [1.165, 1.54) is 31.0 Å². The fraction of sp³-hybridized carbons (Fsp3) is 0.529. The molecular weight excluding hydrogens is 336 g/mol. The molecule has 0 spiro atoms. The number of hydrogen-bond donors (Lipinski definition) is 1. The number of rotatable bonds is 6. The van der Waals surface area contributed by atoms with Gasteiger partial charge in [-0.15, -0.1) is 5.10 Å². The summed E-state index contributed by atoms with van der Waals surface area (Å²) in [6.07, 6.45) is 5.95. The minimum absolute atomic E-state index is 0.0280. The highest BCUT2D eigenvalue weighted by Crippen LogP contribution is 2.36. The maximum atomic E-state index is 12.4. The predicted octanol–water partition coefficient (Wildman–Crippen LogP) is 2.73. The summed E-state index contributed by atoms with van der Waals surface area (Å²) < 4.78 is 1.83. The van der Waals surface area contributed by atoms with Crippen LogP contribution in [0.3, 0.4) is 0 Å². The minimum Gasteiger partial charge on any atom is -0.370 e. The Kier molecular flexibility index (Phi) is 4.87. The normalized spacial score (nSPS) is 17.5. The SMILES string of the molecule is O=C(CSc1nnnn1C1CC1)Nc1ccccc1N1CCCCC1. The van der Waals surface area contributed by atoms with E-state index in [-0.39, 0.29) is 5.91 Å². The van der Waals surface area contributed by atoms with E-state index < -0.39 is 0 Å². The van der Waals surface area contributed by atoms with Crippen molar-refractivity contribution >= 4 is 29.0 Å². The van der Waals surface area contributed by atoms with E-state index in [2.05, 4.69) is 31.8 Å². The number of benzene rings is 1. The van der Waals surface area contributed by atoms with Gasteiger partial charge in [-0.3, -0.25) is 4.79 Å². The molecule has 0 atom stereocenters. The molecule has 132 valence electrons. The van der Waals surface area contributed by atoms with Crippen LogP contribution >= 0.6 is 11.8 Å². The first kappa shape index (κ1) is 16.4. The van der Waals surface area contributed by atoms with Crippen LogP contribution in [0.5, 0.6) is 0 Å². The Morgan fingerprint density at radius 3 is 2.80 bits per heavy atom. The Labute approximate surface area is 151 Å². The number of carbonyl (C=O) groups is 1. The van der Waals surface area contributed by atoms with Crippen molar-refractivity contribution in [3.05, 3.63) is 24.3 Å². The number of thioether (sulfide) groups is 1. The average Bonchev–Trinajstić information content (AvgIpc) is 3.39. The summed E-state index contributed by atoms with van der Waals surface area (Å²) in [5.41, 5.74) is 2.00. The molecule has 1 aliphatic carbocycles. The third-order valence-corrected chi connectivity index (χ3v) is 5.50. The summed E-state index contributed by atoms with van der Waals surface area (Å²) in [7, 11) is 0. The molecule has 4 rings (SSSR count). The Bertz CT molecular complexity index is 738. The van der Waals surface area contributed by atoms with Gasteiger partial charge >= 0.3 is 0 Å². The molecule has 8 heteroatoms. The smallest absolute Gasteiger partial charge is 0.234 e. The summed E-state index contributed by atoms with van der Waals surface area (Å²) >= 11 is 1.39. The quantitative estimate of drug-likeness (QED) is 0.800. The van der Waals surface area contributed by atoms with Gasteiger partial charge in [-0.1, -0.05) is 23.9 Å². The Hall–Kier alpha value is -2.09. The van der Waals surface area contributed by atoms with Crippen molar-refractivity contribution in [3.8, 4) is 0 Å². The predicted molar refractivity (Wildman–Crippen MR) is 97.9 cm³/mol. The number of piperidine rings is 1. The van der Waals surface area contributed by atoms with Crippen LogP contribution < -0.4 is 10.2 Å². The molecule has 1 saturated carbocycles. The highest BCUT2D eigenvalue weighted by molar-refractivity contribution is 7.99. The second-order valence-corrected chi connectivity index (χ2v) is 7.48. The van der Waals surface area contributed by atoms with E-state index >= 15 is 0 Å². The van der Waals surface area contributed by atoms with Crippen LogP contribution in [-0.2, 0) is 4.79 Å². The maximum Gasteiger partial charge on any atom is 0.234 e. The highest BCUT2D eigenvalue weighted by atomic mass is 32.2. The van der Waals surface area contributed by atoms with Crippen LogP contribution in [0.15, 0.2) is 29.4 Å². The number of nitrogens with one attached hydrogen (secondary N) is 1. The van der Waals surface area contributed by atoms with Crippen LogP contribution in [0.2, 0.25) is 0 Å². The lowest BCUT2D eigenvalue weighted by Crippen LogP contribution is -2.30. The lowest BCUT2D eigenvalue weighted by molar-refractivity contribution is -0.113. The van der Waals surface area contributed by atoms with E-state index in [1.807, 2.05) is 22.9 Å². The van der Waals surface area contributed by atoms with Gasteiger partial charge < -0.3 is 10.2 Å². The first-order chi connectivity index (χ1) is 12.3. The molecule has 0 radical (unpaired) electrons.